The molecule has 33 heavy (non-hydrogen) atoms. The van der Waals surface area contributed by atoms with Crippen molar-refractivity contribution < 1.29 is 36.2 Å². The Kier molecular flexibility index (Phi) is 6.44. The molecule has 0 spiro atoms. The van der Waals surface area contributed by atoms with Gasteiger partial charge in [-0.1, -0.05) is 19.4 Å². The number of fused-ring (bicyclic) bond motifs is 2. The topological polar surface area (TPSA) is 27.7 Å². The van der Waals surface area contributed by atoms with Crippen molar-refractivity contribution in [2.24, 2.45) is 0 Å². The highest BCUT2D eigenvalue weighted by Crippen LogP contribution is 2.45. The molecule has 1 heterocycles. The van der Waals surface area contributed by atoms with E-state index >= 15 is 0 Å². The lowest BCUT2D eigenvalue weighted by Gasteiger charge is -2.23. The molecule has 3 aromatic carbocycles. The third-order valence-corrected chi connectivity index (χ3v) is 5.36. The number of hydrogen-bond donors (Lipinski definition) is 0. The molecule has 8 heteroatoms. The molecule has 0 radical (unpaired) electrons. The Balaban J connectivity index is 1.74. The normalized spacial score (nSPS) is 12.1. The van der Waals surface area contributed by atoms with Gasteiger partial charge < -0.3 is 14.2 Å². The standard InChI is InChI=1S/C25H21F5O3/c1-3-5-10-32-17-9-7-15(19(26)21(17)28)16-12-14-11-13-6-8-18(31-4-2)22(29)24(13)33-25(14)23(30)20(16)27/h6-9,12H,3-5,10-11H2,1-2H3. The van der Waals surface area contributed by atoms with E-state index in [4.69, 9.17) is 14.2 Å². The maximum atomic E-state index is 14.9. The lowest BCUT2D eigenvalue weighted by molar-refractivity contribution is 0.289. The van der Waals surface area contributed by atoms with Gasteiger partial charge in [0, 0.05) is 28.7 Å². The minimum Gasteiger partial charge on any atom is -0.491 e. The molecule has 174 valence electrons. The van der Waals surface area contributed by atoms with Gasteiger partial charge in [0.25, 0.3) is 0 Å². The molecule has 0 amide bonds. The molecule has 3 aromatic rings. The van der Waals surface area contributed by atoms with Crippen LogP contribution in [-0.2, 0) is 6.42 Å². The fraction of sp³-hybridized carbons (Fsp3) is 0.280. The van der Waals surface area contributed by atoms with Crippen LogP contribution in [0.25, 0.3) is 11.1 Å². The maximum absolute atomic E-state index is 14.9. The van der Waals surface area contributed by atoms with Gasteiger partial charge in [0.05, 0.1) is 13.2 Å². The second kappa shape index (κ2) is 9.29. The number of rotatable bonds is 7. The molecule has 0 saturated heterocycles. The SMILES string of the molecule is CCCCOc1ccc(-c2cc3c(c(F)c2F)Oc2c(ccc(OCC)c2F)C3)c(F)c1F. The monoisotopic (exact) mass is 464 g/mol. The Morgan fingerprint density at radius 2 is 1.39 bits per heavy atom. The van der Waals surface area contributed by atoms with Crippen molar-refractivity contribution in [1.82, 2.24) is 0 Å². The zero-order valence-corrected chi connectivity index (χ0v) is 18.0. The second-order valence-electron chi connectivity index (χ2n) is 7.56. The molecular weight excluding hydrogens is 443 g/mol. The highest BCUT2D eigenvalue weighted by molar-refractivity contribution is 5.70. The van der Waals surface area contributed by atoms with Gasteiger partial charge in [0.1, 0.15) is 0 Å². The molecule has 0 fully saturated rings. The molecule has 0 saturated carbocycles. The largest absolute Gasteiger partial charge is 0.491 e. The van der Waals surface area contributed by atoms with Crippen molar-refractivity contribution in [2.45, 2.75) is 33.1 Å². The first-order valence-electron chi connectivity index (χ1n) is 10.6. The van der Waals surface area contributed by atoms with Gasteiger partial charge in [-0.2, -0.15) is 13.2 Å². The molecule has 1 aliphatic rings. The molecule has 3 nitrogen and oxygen atoms in total. The Labute approximate surface area is 187 Å². The fourth-order valence-electron chi connectivity index (χ4n) is 3.68. The Morgan fingerprint density at radius 1 is 0.727 bits per heavy atom. The zero-order chi connectivity index (χ0) is 23.7. The Bertz CT molecular complexity index is 1210. The van der Waals surface area contributed by atoms with Crippen LogP contribution in [0.1, 0.15) is 37.8 Å². The maximum Gasteiger partial charge on any atom is 0.207 e. The third-order valence-electron chi connectivity index (χ3n) is 5.36. The quantitative estimate of drug-likeness (QED) is 0.212. The summed E-state index contributed by atoms with van der Waals surface area (Å²) in [7, 11) is 0. The highest BCUT2D eigenvalue weighted by Gasteiger charge is 2.30. The van der Waals surface area contributed by atoms with E-state index < -0.39 is 46.0 Å². The summed E-state index contributed by atoms with van der Waals surface area (Å²) in [6.45, 7) is 4.01. The summed E-state index contributed by atoms with van der Waals surface area (Å²) >= 11 is 0. The number of ether oxygens (including phenoxy) is 3. The minimum atomic E-state index is -1.43. The summed E-state index contributed by atoms with van der Waals surface area (Å²) in [5, 5.41) is 0. The van der Waals surface area contributed by atoms with E-state index in [1.165, 1.54) is 18.2 Å². The van der Waals surface area contributed by atoms with Crippen LogP contribution in [0.3, 0.4) is 0 Å². The smallest absolute Gasteiger partial charge is 0.207 e. The van der Waals surface area contributed by atoms with Gasteiger partial charge in [-0.15, -0.1) is 0 Å². The summed E-state index contributed by atoms with van der Waals surface area (Å²) in [5.41, 5.74) is -0.380. The van der Waals surface area contributed by atoms with Gasteiger partial charge in [-0.25, -0.2) is 8.78 Å². The number of unbranched alkanes of at least 4 members (excludes halogenated alkanes) is 1. The van der Waals surface area contributed by atoms with Crippen molar-refractivity contribution in [3.63, 3.8) is 0 Å². The van der Waals surface area contributed by atoms with Crippen molar-refractivity contribution >= 4 is 0 Å². The van der Waals surface area contributed by atoms with Crippen molar-refractivity contribution in [1.29, 1.82) is 0 Å². The van der Waals surface area contributed by atoms with Crippen LogP contribution in [0.5, 0.6) is 23.0 Å². The first-order valence-corrected chi connectivity index (χ1v) is 10.6. The average molecular weight is 464 g/mol. The molecule has 4 rings (SSSR count). The van der Waals surface area contributed by atoms with E-state index in [-0.39, 0.29) is 42.4 Å². The second-order valence-corrected chi connectivity index (χ2v) is 7.56. The van der Waals surface area contributed by atoms with E-state index in [2.05, 4.69) is 0 Å². The van der Waals surface area contributed by atoms with Crippen LogP contribution in [0.4, 0.5) is 22.0 Å². The van der Waals surface area contributed by atoms with E-state index in [1.807, 2.05) is 6.92 Å². The van der Waals surface area contributed by atoms with E-state index in [1.54, 1.807) is 13.0 Å². The van der Waals surface area contributed by atoms with Gasteiger partial charge in [-0.3, -0.25) is 0 Å². The summed E-state index contributed by atoms with van der Waals surface area (Å²) in [5.74, 6) is -7.45. The summed E-state index contributed by atoms with van der Waals surface area (Å²) in [4.78, 5) is 0. The molecular formula is C25H21F5O3. The third kappa shape index (κ3) is 4.10. The van der Waals surface area contributed by atoms with Gasteiger partial charge in [-0.05, 0) is 37.6 Å². The van der Waals surface area contributed by atoms with E-state index in [0.717, 1.165) is 12.5 Å². The average Bonchev–Trinajstić information content (AvgIpc) is 2.81. The predicted octanol–water partition coefficient (Wildman–Crippen LogP) is 7.32. The van der Waals surface area contributed by atoms with Gasteiger partial charge in [0.15, 0.2) is 34.6 Å². The molecule has 0 aromatic heterocycles. The lowest BCUT2D eigenvalue weighted by Crippen LogP contribution is -2.10. The molecule has 0 bridgehead atoms. The van der Waals surface area contributed by atoms with Gasteiger partial charge >= 0.3 is 0 Å². The molecule has 0 N–H and O–H groups in total. The molecule has 0 aliphatic carbocycles. The van der Waals surface area contributed by atoms with Gasteiger partial charge in [0.2, 0.25) is 17.5 Å². The van der Waals surface area contributed by atoms with Crippen LogP contribution >= 0.6 is 0 Å². The number of benzene rings is 3. The lowest BCUT2D eigenvalue weighted by atomic mass is 9.94. The van der Waals surface area contributed by atoms with Crippen molar-refractivity contribution in [3.8, 4) is 34.1 Å². The molecule has 0 atom stereocenters. The zero-order valence-electron chi connectivity index (χ0n) is 18.0. The fourth-order valence-corrected chi connectivity index (χ4v) is 3.68. The number of halogens is 5. The van der Waals surface area contributed by atoms with E-state index in [9.17, 15) is 22.0 Å². The summed E-state index contributed by atoms with van der Waals surface area (Å²) in [6.07, 6.45) is 1.46. The summed E-state index contributed by atoms with van der Waals surface area (Å²) < 4.78 is 89.6. The predicted molar refractivity (Wildman–Crippen MR) is 113 cm³/mol. The first kappa shape index (κ1) is 22.9. The van der Waals surface area contributed by atoms with Crippen LogP contribution in [-0.4, -0.2) is 13.2 Å². The van der Waals surface area contributed by atoms with Crippen LogP contribution in [0, 0.1) is 29.1 Å². The van der Waals surface area contributed by atoms with Crippen LogP contribution < -0.4 is 14.2 Å². The van der Waals surface area contributed by atoms with Crippen LogP contribution in [0.15, 0.2) is 30.3 Å². The van der Waals surface area contributed by atoms with Crippen LogP contribution in [0.2, 0.25) is 0 Å². The van der Waals surface area contributed by atoms with Crippen molar-refractivity contribution in [3.05, 3.63) is 70.5 Å². The molecule has 0 unspecified atom stereocenters. The van der Waals surface area contributed by atoms with Crippen molar-refractivity contribution in [2.75, 3.05) is 13.2 Å². The minimum absolute atomic E-state index is 0.000501. The summed E-state index contributed by atoms with van der Waals surface area (Å²) in [6, 6.07) is 6.46. The highest BCUT2D eigenvalue weighted by atomic mass is 19.2. The Hall–Kier alpha value is -3.29. The first-order chi connectivity index (χ1) is 15.9. The number of hydrogen-bond acceptors (Lipinski definition) is 3. The molecule has 1 aliphatic heterocycles. The van der Waals surface area contributed by atoms with E-state index in [0.29, 0.717) is 12.0 Å². The Morgan fingerprint density at radius 3 is 2.12 bits per heavy atom.